The van der Waals surface area contributed by atoms with Crippen molar-refractivity contribution >= 4 is 5.91 Å². The van der Waals surface area contributed by atoms with Crippen LogP contribution in [0.1, 0.15) is 26.2 Å². The molecule has 2 unspecified atom stereocenters. The lowest BCUT2D eigenvalue weighted by Crippen LogP contribution is -2.45. The van der Waals surface area contributed by atoms with Gasteiger partial charge >= 0.3 is 0 Å². The van der Waals surface area contributed by atoms with Crippen LogP contribution in [0.3, 0.4) is 0 Å². The molecular weight excluding hydrogens is 202 g/mol. The lowest BCUT2D eigenvalue weighted by molar-refractivity contribution is -0.135. The van der Waals surface area contributed by atoms with Gasteiger partial charge in [0.05, 0.1) is 6.04 Å². The maximum absolute atomic E-state index is 12.2. The van der Waals surface area contributed by atoms with Crippen LogP contribution in [-0.2, 0) is 4.79 Å². The van der Waals surface area contributed by atoms with Crippen molar-refractivity contribution in [3.05, 3.63) is 0 Å². The molecule has 2 rings (SSSR count). The van der Waals surface area contributed by atoms with Crippen LogP contribution < -0.4 is 5.73 Å². The van der Waals surface area contributed by atoms with E-state index in [1.807, 2.05) is 11.8 Å². The van der Waals surface area contributed by atoms with Gasteiger partial charge in [-0.3, -0.25) is 9.69 Å². The summed E-state index contributed by atoms with van der Waals surface area (Å²) in [5.41, 5.74) is 5.67. The van der Waals surface area contributed by atoms with Gasteiger partial charge < -0.3 is 10.6 Å². The molecule has 92 valence electrons. The van der Waals surface area contributed by atoms with Gasteiger partial charge in [-0.1, -0.05) is 0 Å². The molecule has 4 nitrogen and oxygen atoms in total. The van der Waals surface area contributed by atoms with E-state index in [1.165, 1.54) is 12.8 Å². The molecule has 4 heteroatoms. The van der Waals surface area contributed by atoms with E-state index < -0.39 is 0 Å². The van der Waals surface area contributed by atoms with Crippen LogP contribution in [0.5, 0.6) is 0 Å². The molecule has 0 radical (unpaired) electrons. The van der Waals surface area contributed by atoms with Gasteiger partial charge in [0, 0.05) is 19.6 Å². The van der Waals surface area contributed by atoms with Crippen molar-refractivity contribution in [1.29, 1.82) is 0 Å². The van der Waals surface area contributed by atoms with E-state index in [0.29, 0.717) is 11.8 Å². The van der Waals surface area contributed by atoms with Crippen LogP contribution in [0.2, 0.25) is 0 Å². The fourth-order valence-corrected chi connectivity index (χ4v) is 2.76. The van der Waals surface area contributed by atoms with E-state index in [1.54, 1.807) is 0 Å². The summed E-state index contributed by atoms with van der Waals surface area (Å²) in [6.45, 7) is 6.73. The number of rotatable bonds is 3. The Bertz CT molecular complexity index is 251. The molecule has 2 N–H and O–H groups in total. The first-order valence-corrected chi connectivity index (χ1v) is 6.45. The topological polar surface area (TPSA) is 49.6 Å². The van der Waals surface area contributed by atoms with Crippen LogP contribution in [-0.4, -0.2) is 54.5 Å². The number of carbonyl (C=O) groups is 1. The molecule has 0 aromatic rings. The van der Waals surface area contributed by atoms with Crippen molar-refractivity contribution < 1.29 is 4.79 Å². The molecule has 2 atom stereocenters. The fourth-order valence-electron chi connectivity index (χ4n) is 2.76. The Morgan fingerprint density at radius 1 is 1.38 bits per heavy atom. The zero-order chi connectivity index (χ0) is 11.5. The minimum Gasteiger partial charge on any atom is -0.341 e. The van der Waals surface area contributed by atoms with E-state index in [4.69, 9.17) is 5.73 Å². The number of carbonyl (C=O) groups excluding carboxylic acids is 1. The number of likely N-dealkylation sites (tertiary alicyclic amines) is 2. The maximum atomic E-state index is 12.2. The predicted octanol–water partition coefficient (Wildman–Crippen LogP) is 0.278. The van der Waals surface area contributed by atoms with Gasteiger partial charge in [-0.2, -0.15) is 0 Å². The van der Waals surface area contributed by atoms with Gasteiger partial charge in [-0.05, 0) is 45.2 Å². The van der Waals surface area contributed by atoms with Gasteiger partial charge in [0.25, 0.3) is 0 Å². The van der Waals surface area contributed by atoms with Gasteiger partial charge in [0.2, 0.25) is 5.91 Å². The van der Waals surface area contributed by atoms with Gasteiger partial charge in [0.1, 0.15) is 0 Å². The van der Waals surface area contributed by atoms with Gasteiger partial charge in [0.15, 0.2) is 0 Å². The Labute approximate surface area is 97.8 Å². The minimum atomic E-state index is 0.0506. The lowest BCUT2D eigenvalue weighted by atomic mass is 10.1. The highest BCUT2D eigenvalue weighted by atomic mass is 16.2. The summed E-state index contributed by atoms with van der Waals surface area (Å²) in [6, 6.07) is 0.0506. The average Bonchev–Trinajstić information content (AvgIpc) is 2.97. The molecule has 2 aliphatic rings. The standard InChI is InChI=1S/C12H23N3O/c1-10(12(16)14-5-2-3-6-14)15-7-4-11(8-13)9-15/h10-11H,2-9,13H2,1H3. The molecule has 0 saturated carbocycles. The average molecular weight is 225 g/mol. The van der Waals surface area contributed by atoms with Crippen LogP contribution >= 0.6 is 0 Å². The molecule has 2 fully saturated rings. The SMILES string of the molecule is CC(C(=O)N1CCCC1)N1CCC(CN)C1. The molecule has 0 spiro atoms. The van der Waals surface area contributed by atoms with Crippen molar-refractivity contribution in [2.24, 2.45) is 11.7 Å². The maximum Gasteiger partial charge on any atom is 0.239 e. The summed E-state index contributed by atoms with van der Waals surface area (Å²) >= 11 is 0. The molecule has 16 heavy (non-hydrogen) atoms. The Balaban J connectivity index is 1.87. The molecule has 2 heterocycles. The van der Waals surface area contributed by atoms with Crippen LogP contribution in [0.15, 0.2) is 0 Å². The molecule has 0 aromatic heterocycles. The number of hydrogen-bond acceptors (Lipinski definition) is 3. The molecule has 2 saturated heterocycles. The smallest absolute Gasteiger partial charge is 0.239 e. The molecule has 0 aromatic carbocycles. The first-order valence-electron chi connectivity index (χ1n) is 6.45. The number of amides is 1. The number of hydrogen-bond donors (Lipinski definition) is 1. The highest BCUT2D eigenvalue weighted by Crippen LogP contribution is 2.19. The lowest BCUT2D eigenvalue weighted by Gasteiger charge is -2.27. The van der Waals surface area contributed by atoms with Gasteiger partial charge in [-0.15, -0.1) is 0 Å². The quantitative estimate of drug-likeness (QED) is 0.750. The number of nitrogens with zero attached hydrogens (tertiary/aromatic N) is 2. The third kappa shape index (κ3) is 2.38. The van der Waals surface area contributed by atoms with E-state index >= 15 is 0 Å². The van der Waals surface area contributed by atoms with E-state index in [-0.39, 0.29) is 6.04 Å². The molecule has 0 bridgehead atoms. The van der Waals surface area contributed by atoms with Crippen LogP contribution in [0.4, 0.5) is 0 Å². The largest absolute Gasteiger partial charge is 0.341 e. The summed E-state index contributed by atoms with van der Waals surface area (Å²) < 4.78 is 0. The highest BCUT2D eigenvalue weighted by molar-refractivity contribution is 5.81. The number of nitrogens with two attached hydrogens (primary N) is 1. The predicted molar refractivity (Wildman–Crippen MR) is 64.0 cm³/mol. The second-order valence-corrected chi connectivity index (χ2v) is 5.09. The molecule has 0 aliphatic carbocycles. The zero-order valence-corrected chi connectivity index (χ0v) is 10.2. The normalized spacial score (nSPS) is 28.6. The Morgan fingerprint density at radius 2 is 2.06 bits per heavy atom. The van der Waals surface area contributed by atoms with Gasteiger partial charge in [-0.25, -0.2) is 0 Å². The van der Waals surface area contributed by atoms with Crippen molar-refractivity contribution in [3.8, 4) is 0 Å². The van der Waals surface area contributed by atoms with Crippen molar-refractivity contribution in [2.45, 2.75) is 32.2 Å². The summed E-state index contributed by atoms with van der Waals surface area (Å²) in [5.74, 6) is 0.906. The summed E-state index contributed by atoms with van der Waals surface area (Å²) in [4.78, 5) is 16.5. The monoisotopic (exact) mass is 225 g/mol. The summed E-state index contributed by atoms with van der Waals surface area (Å²) in [5, 5.41) is 0. The fraction of sp³-hybridized carbons (Fsp3) is 0.917. The van der Waals surface area contributed by atoms with Crippen LogP contribution in [0.25, 0.3) is 0 Å². The second kappa shape index (κ2) is 5.15. The highest BCUT2D eigenvalue weighted by Gasteiger charge is 2.31. The van der Waals surface area contributed by atoms with E-state index in [0.717, 1.165) is 39.1 Å². The van der Waals surface area contributed by atoms with E-state index in [9.17, 15) is 4.79 Å². The van der Waals surface area contributed by atoms with E-state index in [2.05, 4.69) is 4.90 Å². The van der Waals surface area contributed by atoms with Crippen molar-refractivity contribution in [3.63, 3.8) is 0 Å². The first-order chi connectivity index (χ1) is 7.72. The summed E-state index contributed by atoms with van der Waals surface area (Å²) in [7, 11) is 0. The molecule has 1 amide bonds. The van der Waals surface area contributed by atoms with Crippen LogP contribution in [0, 0.1) is 5.92 Å². The Hall–Kier alpha value is -0.610. The minimum absolute atomic E-state index is 0.0506. The second-order valence-electron chi connectivity index (χ2n) is 5.09. The molecular formula is C12H23N3O. The zero-order valence-electron chi connectivity index (χ0n) is 10.2. The first kappa shape index (κ1) is 11.9. The summed E-state index contributed by atoms with van der Waals surface area (Å²) in [6.07, 6.45) is 3.49. The Morgan fingerprint density at radius 3 is 2.62 bits per heavy atom. The Kier molecular flexibility index (Phi) is 3.82. The molecule has 2 aliphatic heterocycles. The van der Waals surface area contributed by atoms with Crippen molar-refractivity contribution in [1.82, 2.24) is 9.80 Å². The van der Waals surface area contributed by atoms with Crippen molar-refractivity contribution in [2.75, 3.05) is 32.7 Å². The third-order valence-corrected chi connectivity index (χ3v) is 3.97. The third-order valence-electron chi connectivity index (χ3n) is 3.97.